The summed E-state index contributed by atoms with van der Waals surface area (Å²) in [6.45, 7) is 5.35. The van der Waals surface area contributed by atoms with E-state index in [1.807, 2.05) is 6.08 Å². The first-order valence-electron chi connectivity index (χ1n) is 9.17. The van der Waals surface area contributed by atoms with Gasteiger partial charge >= 0.3 is 0 Å². The molecule has 0 saturated carbocycles. The molecule has 0 spiro atoms. The van der Waals surface area contributed by atoms with Gasteiger partial charge in [0.25, 0.3) is 5.91 Å². The van der Waals surface area contributed by atoms with Crippen LogP contribution in [0.25, 0.3) is 6.08 Å². The number of rotatable bonds is 3. The lowest BCUT2D eigenvalue weighted by molar-refractivity contribution is -0.115. The molecule has 5 nitrogen and oxygen atoms in total. The van der Waals surface area contributed by atoms with Crippen LogP contribution >= 0.6 is 35.0 Å². The number of morpholine rings is 1. The third kappa shape index (κ3) is 4.78. The molecule has 2 aromatic carbocycles. The molecule has 2 heterocycles. The fraction of sp³-hybridized carbons (Fsp3) is 0.238. The highest BCUT2D eigenvalue weighted by Gasteiger charge is 2.24. The van der Waals surface area contributed by atoms with Gasteiger partial charge in [0.05, 0.1) is 33.9 Å². The number of carbonyl (C=O) groups is 1. The number of thioether (sulfide) groups is 1. The van der Waals surface area contributed by atoms with Crippen molar-refractivity contribution in [3.63, 3.8) is 0 Å². The largest absolute Gasteiger partial charge is 0.378 e. The molecule has 2 saturated heterocycles. The second kappa shape index (κ2) is 8.79. The Morgan fingerprint density at radius 3 is 2.66 bits per heavy atom. The SMILES string of the molecule is Cc1cc(N2CCOCC2)ccc1/C=C1\SC(=Nc2ccc(Cl)c(Cl)c2)NC1=O. The van der Waals surface area contributed by atoms with Crippen molar-refractivity contribution in [2.75, 3.05) is 31.2 Å². The molecule has 1 N–H and O–H groups in total. The first-order valence-corrected chi connectivity index (χ1v) is 10.7. The topological polar surface area (TPSA) is 53.9 Å². The van der Waals surface area contributed by atoms with Crippen molar-refractivity contribution in [1.29, 1.82) is 0 Å². The summed E-state index contributed by atoms with van der Waals surface area (Å²) in [5.41, 5.74) is 3.94. The summed E-state index contributed by atoms with van der Waals surface area (Å²) in [5.74, 6) is -0.162. The molecule has 0 radical (unpaired) electrons. The minimum absolute atomic E-state index is 0.162. The first-order chi connectivity index (χ1) is 14.0. The predicted molar refractivity (Wildman–Crippen MR) is 121 cm³/mol. The zero-order chi connectivity index (χ0) is 20.4. The highest BCUT2D eigenvalue weighted by atomic mass is 35.5. The number of nitrogens with zero attached hydrogens (tertiary/aromatic N) is 2. The average molecular weight is 448 g/mol. The lowest BCUT2D eigenvalue weighted by Gasteiger charge is -2.29. The standard InChI is InChI=1S/C21H19Cl2N3O2S/c1-13-10-16(26-6-8-28-9-7-26)4-2-14(13)11-19-20(27)25-21(29-19)24-15-3-5-17(22)18(23)12-15/h2-5,10-12H,6-9H2,1H3,(H,24,25,27)/b19-11-. The summed E-state index contributed by atoms with van der Waals surface area (Å²) >= 11 is 13.3. The smallest absolute Gasteiger partial charge is 0.264 e. The van der Waals surface area contributed by atoms with Crippen LogP contribution in [0.4, 0.5) is 11.4 Å². The minimum Gasteiger partial charge on any atom is -0.378 e. The summed E-state index contributed by atoms with van der Waals surface area (Å²) in [5, 5.41) is 4.21. The fourth-order valence-corrected chi connectivity index (χ4v) is 4.26. The van der Waals surface area contributed by atoms with E-state index in [0.29, 0.717) is 25.8 Å². The number of carbonyl (C=O) groups excluding carboxylic acids is 1. The Morgan fingerprint density at radius 2 is 1.93 bits per heavy atom. The third-order valence-electron chi connectivity index (χ3n) is 4.70. The summed E-state index contributed by atoms with van der Waals surface area (Å²) in [6, 6.07) is 11.4. The van der Waals surface area contributed by atoms with Crippen LogP contribution in [-0.4, -0.2) is 37.4 Å². The van der Waals surface area contributed by atoms with Gasteiger partial charge in [-0.15, -0.1) is 0 Å². The predicted octanol–water partition coefficient (Wildman–Crippen LogP) is 5.03. The average Bonchev–Trinajstić information content (AvgIpc) is 3.06. The van der Waals surface area contributed by atoms with Gasteiger partial charge in [-0.1, -0.05) is 29.3 Å². The van der Waals surface area contributed by atoms with Gasteiger partial charge in [-0.05, 0) is 66.2 Å². The molecule has 0 atom stereocenters. The van der Waals surface area contributed by atoms with E-state index in [1.54, 1.807) is 18.2 Å². The first kappa shape index (κ1) is 20.3. The molecular weight excluding hydrogens is 429 g/mol. The second-order valence-corrected chi connectivity index (χ2v) is 8.57. The fourth-order valence-electron chi connectivity index (χ4n) is 3.13. The van der Waals surface area contributed by atoms with Crippen LogP contribution in [0.3, 0.4) is 0 Å². The number of aliphatic imine (C=N–C) groups is 1. The summed E-state index contributed by atoms with van der Waals surface area (Å²) < 4.78 is 5.42. The Kier molecular flexibility index (Phi) is 6.15. The zero-order valence-electron chi connectivity index (χ0n) is 15.7. The van der Waals surface area contributed by atoms with Crippen molar-refractivity contribution < 1.29 is 9.53 Å². The number of hydrogen-bond acceptors (Lipinski definition) is 5. The van der Waals surface area contributed by atoms with Gasteiger partial charge in [0.15, 0.2) is 5.17 Å². The van der Waals surface area contributed by atoms with Crippen LogP contribution in [0.15, 0.2) is 46.3 Å². The molecule has 0 aliphatic carbocycles. The van der Waals surface area contributed by atoms with Gasteiger partial charge in [0.1, 0.15) is 0 Å². The molecule has 29 heavy (non-hydrogen) atoms. The number of amides is 1. The van der Waals surface area contributed by atoms with Gasteiger partial charge in [-0.3, -0.25) is 4.79 Å². The summed E-state index contributed by atoms with van der Waals surface area (Å²) in [7, 11) is 0. The summed E-state index contributed by atoms with van der Waals surface area (Å²) in [4.78, 5) is 19.7. The molecule has 2 aliphatic rings. The number of ether oxygens (including phenoxy) is 1. The Balaban J connectivity index is 1.53. The van der Waals surface area contributed by atoms with E-state index in [0.717, 1.165) is 37.4 Å². The van der Waals surface area contributed by atoms with E-state index < -0.39 is 0 Å². The van der Waals surface area contributed by atoms with Gasteiger partial charge in [-0.25, -0.2) is 4.99 Å². The number of halogens is 2. The Hall–Kier alpha value is -1.99. The van der Waals surface area contributed by atoms with Crippen molar-refractivity contribution in [3.8, 4) is 0 Å². The van der Waals surface area contributed by atoms with Crippen LogP contribution in [0.5, 0.6) is 0 Å². The van der Waals surface area contributed by atoms with Crippen LogP contribution in [0.2, 0.25) is 10.0 Å². The molecular formula is C21H19Cl2N3O2S. The number of aryl methyl sites for hydroxylation is 1. The van der Waals surface area contributed by atoms with Crippen molar-refractivity contribution in [2.45, 2.75) is 6.92 Å². The normalized spacial score (nSPS) is 19.8. The lowest BCUT2D eigenvalue weighted by atomic mass is 10.1. The molecule has 0 aromatic heterocycles. The highest BCUT2D eigenvalue weighted by molar-refractivity contribution is 8.18. The van der Waals surface area contributed by atoms with E-state index in [2.05, 4.69) is 40.3 Å². The van der Waals surface area contributed by atoms with Crippen LogP contribution in [0.1, 0.15) is 11.1 Å². The van der Waals surface area contributed by atoms with Crippen molar-refractivity contribution in [2.24, 2.45) is 4.99 Å². The molecule has 2 aliphatic heterocycles. The van der Waals surface area contributed by atoms with Gasteiger partial charge in [0, 0.05) is 18.8 Å². The summed E-state index contributed by atoms with van der Waals surface area (Å²) in [6.07, 6.45) is 1.90. The number of amidine groups is 1. The van der Waals surface area contributed by atoms with Crippen molar-refractivity contribution in [3.05, 3.63) is 62.5 Å². The maximum Gasteiger partial charge on any atom is 0.264 e. The highest BCUT2D eigenvalue weighted by Crippen LogP contribution is 2.32. The quantitative estimate of drug-likeness (QED) is 0.670. The van der Waals surface area contributed by atoms with Crippen LogP contribution in [0, 0.1) is 6.92 Å². The van der Waals surface area contributed by atoms with E-state index in [9.17, 15) is 4.79 Å². The number of anilines is 1. The number of benzene rings is 2. The molecule has 2 fully saturated rings. The molecule has 150 valence electrons. The second-order valence-electron chi connectivity index (χ2n) is 6.72. The number of hydrogen-bond donors (Lipinski definition) is 1. The zero-order valence-corrected chi connectivity index (χ0v) is 18.1. The maximum atomic E-state index is 12.4. The molecule has 1 amide bonds. The Bertz CT molecular complexity index is 1020. The molecule has 4 rings (SSSR count). The van der Waals surface area contributed by atoms with E-state index in [4.69, 9.17) is 27.9 Å². The molecule has 0 unspecified atom stereocenters. The van der Waals surface area contributed by atoms with Crippen molar-refractivity contribution in [1.82, 2.24) is 5.32 Å². The monoisotopic (exact) mass is 447 g/mol. The lowest BCUT2D eigenvalue weighted by Crippen LogP contribution is -2.36. The Morgan fingerprint density at radius 1 is 1.14 bits per heavy atom. The molecule has 0 bridgehead atoms. The molecule has 8 heteroatoms. The Labute approximate surface area is 183 Å². The van der Waals surface area contributed by atoms with Gasteiger partial charge in [0.2, 0.25) is 0 Å². The van der Waals surface area contributed by atoms with Crippen LogP contribution in [-0.2, 0) is 9.53 Å². The maximum absolute atomic E-state index is 12.4. The van der Waals surface area contributed by atoms with Gasteiger partial charge < -0.3 is 15.0 Å². The third-order valence-corrected chi connectivity index (χ3v) is 6.35. The number of nitrogens with one attached hydrogen (secondary N) is 1. The van der Waals surface area contributed by atoms with E-state index >= 15 is 0 Å². The van der Waals surface area contributed by atoms with E-state index in [1.165, 1.54) is 17.4 Å². The molecule has 2 aromatic rings. The van der Waals surface area contributed by atoms with Crippen LogP contribution < -0.4 is 10.2 Å². The minimum atomic E-state index is -0.162. The van der Waals surface area contributed by atoms with E-state index in [-0.39, 0.29) is 5.91 Å². The van der Waals surface area contributed by atoms with Gasteiger partial charge in [-0.2, -0.15) is 0 Å². The van der Waals surface area contributed by atoms with Crippen molar-refractivity contribution >= 4 is 63.5 Å².